The van der Waals surface area contributed by atoms with Crippen molar-refractivity contribution in [2.45, 2.75) is 19.5 Å². The van der Waals surface area contributed by atoms with E-state index in [2.05, 4.69) is 15.8 Å². The zero-order chi connectivity index (χ0) is 36.8. The van der Waals surface area contributed by atoms with E-state index in [0.717, 1.165) is 22.4 Å². The molecule has 5 aromatic rings. The van der Waals surface area contributed by atoms with Gasteiger partial charge in [0.05, 0.1) is 61.4 Å². The molecule has 272 valence electrons. The molecule has 1 amide bonds. The number of ether oxygens (including phenoxy) is 8. The van der Waals surface area contributed by atoms with Crippen LogP contribution in [0.15, 0.2) is 71.3 Å². The molecule has 0 saturated carbocycles. The number of benzene rings is 4. The number of fused-ring (bicyclic) bond motifs is 1. The predicted octanol–water partition coefficient (Wildman–Crippen LogP) is 7.07. The molecule has 0 bridgehead atoms. The first-order chi connectivity index (χ1) is 25.3. The Hall–Kier alpha value is -6.24. The van der Waals surface area contributed by atoms with Crippen LogP contribution < -0.4 is 48.5 Å². The molecule has 0 saturated heterocycles. The fourth-order valence-electron chi connectivity index (χ4n) is 5.88. The average molecular weight is 712 g/mol. The lowest BCUT2D eigenvalue weighted by molar-refractivity contribution is 0.0935. The largest absolute Gasteiger partial charge is 0.493 e. The summed E-state index contributed by atoms with van der Waals surface area (Å²) in [6.07, 6.45) is 0.138. The molecule has 13 nitrogen and oxygen atoms in total. The highest BCUT2D eigenvalue weighted by Gasteiger charge is 2.26. The Kier molecular flexibility index (Phi) is 10.8. The van der Waals surface area contributed by atoms with Crippen LogP contribution in [0, 0.1) is 6.92 Å². The molecule has 1 aliphatic heterocycles. The van der Waals surface area contributed by atoms with Gasteiger partial charge in [-0.05, 0) is 61.0 Å². The number of rotatable bonds is 15. The fourth-order valence-corrected chi connectivity index (χ4v) is 5.88. The van der Waals surface area contributed by atoms with E-state index in [0.29, 0.717) is 88.2 Å². The van der Waals surface area contributed by atoms with Crippen molar-refractivity contribution in [2.24, 2.45) is 0 Å². The Bertz CT molecular complexity index is 2010. The Morgan fingerprint density at radius 2 is 1.27 bits per heavy atom. The average Bonchev–Trinajstić information content (AvgIpc) is 3.67. The normalized spacial score (nSPS) is 13.3. The molecule has 0 radical (unpaired) electrons. The minimum Gasteiger partial charge on any atom is -0.493 e. The van der Waals surface area contributed by atoms with Gasteiger partial charge in [0.15, 0.2) is 40.3 Å². The van der Waals surface area contributed by atoms with E-state index < -0.39 is 6.17 Å². The number of hydrogen-bond donors (Lipinski definition) is 2. The van der Waals surface area contributed by atoms with Crippen molar-refractivity contribution in [3.05, 3.63) is 83.4 Å². The molecule has 0 spiro atoms. The molecule has 13 heteroatoms. The molecule has 1 unspecified atom stereocenters. The number of methoxy groups -OCH3 is 6. The highest BCUT2D eigenvalue weighted by molar-refractivity contribution is 6.02. The number of nitrogens with one attached hydrogen (secondary N) is 2. The van der Waals surface area contributed by atoms with E-state index in [9.17, 15) is 4.79 Å². The van der Waals surface area contributed by atoms with Crippen molar-refractivity contribution in [1.82, 2.24) is 10.5 Å². The lowest BCUT2D eigenvalue weighted by Gasteiger charge is -2.28. The lowest BCUT2D eigenvalue weighted by Crippen LogP contribution is -2.38. The number of aryl methyl sites for hydroxylation is 1. The quantitative estimate of drug-likeness (QED) is 0.107. The maximum atomic E-state index is 12.8. The number of hydrogen-bond acceptors (Lipinski definition) is 12. The summed E-state index contributed by atoms with van der Waals surface area (Å²) in [7, 11) is 9.35. The van der Waals surface area contributed by atoms with Gasteiger partial charge in [0.1, 0.15) is 11.9 Å². The third-order valence-electron chi connectivity index (χ3n) is 8.52. The van der Waals surface area contributed by atoms with Gasteiger partial charge in [-0.3, -0.25) is 4.79 Å². The Morgan fingerprint density at radius 1 is 0.635 bits per heavy atom. The van der Waals surface area contributed by atoms with Gasteiger partial charge in [0.2, 0.25) is 11.5 Å². The molecule has 6 rings (SSSR count). The molecule has 4 aromatic carbocycles. The summed E-state index contributed by atoms with van der Waals surface area (Å²) < 4.78 is 51.3. The van der Waals surface area contributed by atoms with E-state index >= 15 is 0 Å². The lowest BCUT2D eigenvalue weighted by atomic mass is 10.0. The predicted molar refractivity (Wildman–Crippen MR) is 194 cm³/mol. The maximum absolute atomic E-state index is 12.8. The topological polar surface area (TPSA) is 141 Å². The number of nitrogens with zero attached hydrogens (tertiary/aromatic N) is 1. The van der Waals surface area contributed by atoms with Gasteiger partial charge in [-0.1, -0.05) is 22.9 Å². The minimum atomic E-state index is -0.414. The number of anilines is 1. The summed E-state index contributed by atoms with van der Waals surface area (Å²) in [6, 6.07) is 20.3. The van der Waals surface area contributed by atoms with Crippen molar-refractivity contribution < 1.29 is 47.2 Å². The summed E-state index contributed by atoms with van der Waals surface area (Å²) in [5.41, 5.74) is 5.21. The SMILES string of the molecule is COc1cc(C2NC(=O)c3cc(C)ccc3N2)ccc1OCCCOc1c(OC)cc(-c2cc(-c3cc(OC)c(OC)c(OC)c3)no2)cc1OC. The molecule has 1 aliphatic rings. The van der Waals surface area contributed by atoms with Crippen LogP contribution in [0.4, 0.5) is 5.69 Å². The molecule has 0 fully saturated rings. The minimum absolute atomic E-state index is 0.135. The molecule has 1 aromatic heterocycles. The first kappa shape index (κ1) is 35.6. The van der Waals surface area contributed by atoms with Gasteiger partial charge in [-0.2, -0.15) is 0 Å². The van der Waals surface area contributed by atoms with Crippen LogP contribution in [0.25, 0.3) is 22.6 Å². The Morgan fingerprint density at radius 3 is 1.92 bits per heavy atom. The third kappa shape index (κ3) is 7.29. The summed E-state index contributed by atoms with van der Waals surface area (Å²) >= 11 is 0. The molecule has 52 heavy (non-hydrogen) atoms. The van der Waals surface area contributed by atoms with E-state index in [1.807, 2.05) is 43.3 Å². The van der Waals surface area contributed by atoms with Gasteiger partial charge in [-0.15, -0.1) is 0 Å². The first-order valence-corrected chi connectivity index (χ1v) is 16.5. The van der Waals surface area contributed by atoms with Crippen molar-refractivity contribution in [1.29, 1.82) is 0 Å². The second-order valence-electron chi connectivity index (χ2n) is 11.8. The van der Waals surface area contributed by atoms with Crippen LogP contribution in [0.1, 0.15) is 34.1 Å². The number of carbonyl (C=O) groups excluding carboxylic acids is 1. The maximum Gasteiger partial charge on any atom is 0.255 e. The van der Waals surface area contributed by atoms with Gasteiger partial charge in [0, 0.05) is 29.3 Å². The number of aromatic nitrogens is 1. The van der Waals surface area contributed by atoms with Crippen LogP contribution >= 0.6 is 0 Å². The van der Waals surface area contributed by atoms with Gasteiger partial charge in [-0.25, -0.2) is 0 Å². The van der Waals surface area contributed by atoms with E-state index in [-0.39, 0.29) is 5.91 Å². The second kappa shape index (κ2) is 15.8. The number of carbonyl (C=O) groups is 1. The summed E-state index contributed by atoms with van der Waals surface area (Å²) in [4.78, 5) is 12.8. The van der Waals surface area contributed by atoms with Crippen molar-refractivity contribution in [2.75, 3.05) is 61.2 Å². The van der Waals surface area contributed by atoms with E-state index in [1.54, 1.807) is 73.0 Å². The summed E-state index contributed by atoms with van der Waals surface area (Å²) in [5, 5.41) is 10.7. The zero-order valence-electron chi connectivity index (χ0n) is 30.1. The molecule has 2 heterocycles. The Balaban J connectivity index is 1.09. The molecule has 0 aliphatic carbocycles. The van der Waals surface area contributed by atoms with Crippen LogP contribution in [0.3, 0.4) is 0 Å². The van der Waals surface area contributed by atoms with Crippen molar-refractivity contribution in [3.8, 4) is 68.6 Å². The van der Waals surface area contributed by atoms with Crippen LogP contribution in [-0.4, -0.2) is 66.9 Å². The summed E-state index contributed by atoms with van der Waals surface area (Å²) in [5.74, 6) is 4.31. The van der Waals surface area contributed by atoms with Gasteiger partial charge in [0.25, 0.3) is 5.91 Å². The van der Waals surface area contributed by atoms with Gasteiger partial charge < -0.3 is 53.1 Å². The van der Waals surface area contributed by atoms with E-state index in [4.69, 9.17) is 42.4 Å². The smallest absolute Gasteiger partial charge is 0.255 e. The summed E-state index contributed by atoms with van der Waals surface area (Å²) in [6.45, 7) is 2.63. The molecule has 2 N–H and O–H groups in total. The standard InChI is InChI=1S/C39H41N3O10/c1-22-9-11-27-26(15-22)39(43)41-38(40-27)23-10-12-29(31(16-23)44-2)50-13-8-14-51-37-34(47-5)19-25(20-35(37)48-6)30-21-28(42-52-30)24-17-32(45-3)36(49-7)33(18-24)46-4/h9-12,15-21,38,40H,8,13-14H2,1-7H3,(H,41,43). The monoisotopic (exact) mass is 711 g/mol. The number of amides is 1. The van der Waals surface area contributed by atoms with E-state index in [1.165, 1.54) is 0 Å². The second-order valence-corrected chi connectivity index (χ2v) is 11.8. The first-order valence-electron chi connectivity index (χ1n) is 16.5. The van der Waals surface area contributed by atoms with Crippen molar-refractivity contribution >= 4 is 11.6 Å². The van der Waals surface area contributed by atoms with Gasteiger partial charge >= 0.3 is 0 Å². The third-order valence-corrected chi connectivity index (χ3v) is 8.52. The van der Waals surface area contributed by atoms with Crippen LogP contribution in [0.2, 0.25) is 0 Å². The van der Waals surface area contributed by atoms with Crippen LogP contribution in [-0.2, 0) is 0 Å². The highest BCUT2D eigenvalue weighted by atomic mass is 16.5. The zero-order valence-corrected chi connectivity index (χ0v) is 30.1. The fraction of sp³-hybridized carbons (Fsp3) is 0.282. The van der Waals surface area contributed by atoms with Crippen molar-refractivity contribution in [3.63, 3.8) is 0 Å². The molecular formula is C39H41N3O10. The molecule has 1 atom stereocenters. The van der Waals surface area contributed by atoms with Crippen LogP contribution in [0.5, 0.6) is 46.0 Å². The molecular weight excluding hydrogens is 670 g/mol. The highest BCUT2D eigenvalue weighted by Crippen LogP contribution is 2.44. The Labute approximate surface area is 301 Å².